The van der Waals surface area contributed by atoms with Crippen molar-refractivity contribution in [3.05, 3.63) is 0 Å². The molecule has 0 aromatic carbocycles. The Bertz CT molecular complexity index is 412. The number of carboxylic acids is 2. The summed E-state index contributed by atoms with van der Waals surface area (Å²) >= 11 is 0. The first kappa shape index (κ1) is 18.2. The number of carbonyl (C=O) groups excluding carboxylic acids is 1. The van der Waals surface area contributed by atoms with Crippen LogP contribution in [0.4, 0.5) is 4.79 Å². The second kappa shape index (κ2) is 7.44. The molecule has 0 saturated carbocycles. The molecule has 126 valence electrons. The molecule has 2 bridgehead atoms. The summed E-state index contributed by atoms with van der Waals surface area (Å²) in [5, 5.41) is 18.3. The summed E-state index contributed by atoms with van der Waals surface area (Å²) in [6.07, 6.45) is 3.19. The first-order chi connectivity index (χ1) is 10.1. The molecule has 0 aromatic rings. The van der Waals surface area contributed by atoms with E-state index in [0.29, 0.717) is 12.1 Å². The highest BCUT2D eigenvalue weighted by molar-refractivity contribution is 6.27. The molecule has 3 rings (SSSR count). The van der Waals surface area contributed by atoms with Gasteiger partial charge < -0.3 is 25.2 Å². The SMILES string of the molecule is CC(C)(C)OC(=O)N1CCC2CCC1CN2.O=C(O)C(=O)O. The van der Waals surface area contributed by atoms with Crippen LogP contribution in [0.1, 0.15) is 40.0 Å². The molecule has 0 aromatic heterocycles. The molecule has 2 atom stereocenters. The van der Waals surface area contributed by atoms with Gasteiger partial charge in [0.2, 0.25) is 0 Å². The van der Waals surface area contributed by atoms with Gasteiger partial charge in [-0.25, -0.2) is 14.4 Å². The topological polar surface area (TPSA) is 116 Å². The van der Waals surface area contributed by atoms with E-state index in [-0.39, 0.29) is 6.09 Å². The Kier molecular flexibility index (Phi) is 6.16. The van der Waals surface area contributed by atoms with Crippen LogP contribution in [0, 0.1) is 0 Å². The minimum atomic E-state index is -1.82. The van der Waals surface area contributed by atoms with Gasteiger partial charge in [-0.2, -0.15) is 0 Å². The van der Waals surface area contributed by atoms with Crippen LogP contribution < -0.4 is 5.32 Å². The summed E-state index contributed by atoms with van der Waals surface area (Å²) in [7, 11) is 0. The number of piperidine rings is 1. The van der Waals surface area contributed by atoms with E-state index in [0.717, 1.165) is 25.9 Å². The predicted octanol–water partition coefficient (Wildman–Crippen LogP) is 0.903. The molecular weight excluding hydrogens is 292 g/mol. The molecule has 3 saturated heterocycles. The lowest BCUT2D eigenvalue weighted by molar-refractivity contribution is -0.159. The standard InChI is InChI=1S/C12H22N2O2.C2H2O4/c1-12(2,3)16-11(15)14-7-6-9-4-5-10(14)8-13-9;3-1(4)2(5)6/h9-10,13H,4-8H2,1-3H3;(H,3,4)(H,5,6). The van der Waals surface area contributed by atoms with Gasteiger partial charge in [-0.15, -0.1) is 0 Å². The van der Waals surface area contributed by atoms with Crippen LogP contribution in [0.25, 0.3) is 0 Å². The number of nitrogens with one attached hydrogen (secondary N) is 1. The zero-order chi connectivity index (χ0) is 16.9. The third-order valence-electron chi connectivity index (χ3n) is 3.46. The summed E-state index contributed by atoms with van der Waals surface area (Å²) in [6.45, 7) is 7.50. The zero-order valence-electron chi connectivity index (χ0n) is 13.2. The van der Waals surface area contributed by atoms with Crippen LogP contribution in [0.15, 0.2) is 0 Å². The fraction of sp³-hybridized carbons (Fsp3) is 0.786. The molecule has 0 radical (unpaired) electrons. The van der Waals surface area contributed by atoms with Crippen LogP contribution in [0.3, 0.4) is 0 Å². The lowest BCUT2D eigenvalue weighted by Gasteiger charge is -2.33. The first-order valence-electron chi connectivity index (χ1n) is 7.29. The van der Waals surface area contributed by atoms with Crippen molar-refractivity contribution in [1.82, 2.24) is 10.2 Å². The molecule has 0 aliphatic carbocycles. The Balaban J connectivity index is 0.000000346. The summed E-state index contributed by atoms with van der Waals surface area (Å²) in [6, 6.07) is 0.928. The highest BCUT2D eigenvalue weighted by atomic mass is 16.6. The van der Waals surface area contributed by atoms with Gasteiger partial charge in [0, 0.05) is 25.2 Å². The van der Waals surface area contributed by atoms with E-state index in [1.807, 2.05) is 25.7 Å². The summed E-state index contributed by atoms with van der Waals surface area (Å²) in [5.41, 5.74) is -0.394. The van der Waals surface area contributed by atoms with Gasteiger partial charge in [0.1, 0.15) is 5.60 Å². The maximum absolute atomic E-state index is 12.0. The molecule has 3 heterocycles. The quantitative estimate of drug-likeness (QED) is 0.569. The van der Waals surface area contributed by atoms with E-state index in [9.17, 15) is 4.79 Å². The Morgan fingerprint density at radius 2 is 1.68 bits per heavy atom. The number of rotatable bonds is 0. The fourth-order valence-electron chi connectivity index (χ4n) is 2.45. The smallest absolute Gasteiger partial charge is 0.414 e. The van der Waals surface area contributed by atoms with Crippen molar-refractivity contribution in [2.75, 3.05) is 13.1 Å². The molecule has 3 N–H and O–H groups in total. The maximum Gasteiger partial charge on any atom is 0.414 e. The van der Waals surface area contributed by atoms with Crippen molar-refractivity contribution in [1.29, 1.82) is 0 Å². The molecule has 3 fully saturated rings. The van der Waals surface area contributed by atoms with Crippen molar-refractivity contribution >= 4 is 18.0 Å². The van der Waals surface area contributed by atoms with Gasteiger partial charge in [-0.05, 0) is 40.0 Å². The molecule has 2 unspecified atom stereocenters. The Morgan fingerprint density at radius 3 is 2.09 bits per heavy atom. The number of ether oxygens (including phenoxy) is 1. The van der Waals surface area contributed by atoms with E-state index in [1.54, 1.807) is 0 Å². The van der Waals surface area contributed by atoms with E-state index in [4.69, 9.17) is 24.5 Å². The van der Waals surface area contributed by atoms with Gasteiger partial charge in [0.05, 0.1) is 0 Å². The number of hydrogen-bond acceptors (Lipinski definition) is 5. The van der Waals surface area contributed by atoms with Crippen molar-refractivity contribution < 1.29 is 29.3 Å². The zero-order valence-corrected chi connectivity index (χ0v) is 13.2. The van der Waals surface area contributed by atoms with Gasteiger partial charge in [0.25, 0.3) is 0 Å². The number of carboxylic acid groups (broad SMARTS) is 2. The number of fused-ring (bicyclic) bond motifs is 4. The van der Waals surface area contributed by atoms with Crippen molar-refractivity contribution in [2.45, 2.75) is 57.7 Å². The minimum absolute atomic E-state index is 0.151. The fourth-order valence-corrected chi connectivity index (χ4v) is 2.45. The maximum atomic E-state index is 12.0. The van der Waals surface area contributed by atoms with Crippen LogP contribution in [0.2, 0.25) is 0 Å². The van der Waals surface area contributed by atoms with Gasteiger partial charge in [0.15, 0.2) is 0 Å². The van der Waals surface area contributed by atoms with Crippen molar-refractivity contribution in [2.24, 2.45) is 0 Å². The summed E-state index contributed by atoms with van der Waals surface area (Å²) in [4.78, 5) is 32.1. The van der Waals surface area contributed by atoms with E-state index < -0.39 is 17.5 Å². The van der Waals surface area contributed by atoms with Gasteiger partial charge in [-0.3, -0.25) is 0 Å². The molecule has 8 heteroatoms. The molecule has 0 spiro atoms. The molecular formula is C14H24N2O6. The lowest BCUT2D eigenvalue weighted by Crippen LogP contribution is -2.48. The highest BCUT2D eigenvalue weighted by Crippen LogP contribution is 2.23. The van der Waals surface area contributed by atoms with E-state index in [1.165, 1.54) is 6.42 Å². The summed E-state index contributed by atoms with van der Waals surface area (Å²) < 4.78 is 5.44. The Morgan fingerprint density at radius 1 is 1.09 bits per heavy atom. The largest absolute Gasteiger partial charge is 0.473 e. The molecule has 1 amide bonds. The average Bonchev–Trinajstić information content (AvgIpc) is 2.70. The first-order valence-corrected chi connectivity index (χ1v) is 7.29. The minimum Gasteiger partial charge on any atom is -0.473 e. The number of carbonyl (C=O) groups is 3. The van der Waals surface area contributed by atoms with Crippen LogP contribution in [-0.4, -0.2) is 63.9 Å². The van der Waals surface area contributed by atoms with Gasteiger partial charge in [-0.1, -0.05) is 0 Å². The van der Waals surface area contributed by atoms with E-state index in [2.05, 4.69) is 5.32 Å². The second-order valence-electron chi connectivity index (χ2n) is 6.41. The van der Waals surface area contributed by atoms with Crippen molar-refractivity contribution in [3.8, 4) is 0 Å². The van der Waals surface area contributed by atoms with Crippen LogP contribution in [-0.2, 0) is 14.3 Å². The number of amides is 1. The van der Waals surface area contributed by atoms with Crippen LogP contribution >= 0.6 is 0 Å². The number of hydrogen-bond donors (Lipinski definition) is 3. The third kappa shape index (κ3) is 5.88. The normalized spacial score (nSPS) is 23.9. The second-order valence-corrected chi connectivity index (χ2v) is 6.41. The molecule has 3 aliphatic rings. The Labute approximate surface area is 129 Å². The third-order valence-corrected chi connectivity index (χ3v) is 3.46. The summed E-state index contributed by atoms with van der Waals surface area (Å²) in [5.74, 6) is -3.65. The Hall–Kier alpha value is -1.83. The molecule has 8 nitrogen and oxygen atoms in total. The van der Waals surface area contributed by atoms with Crippen LogP contribution in [0.5, 0.6) is 0 Å². The lowest BCUT2D eigenvalue weighted by atomic mass is 10.0. The molecule has 22 heavy (non-hydrogen) atoms. The number of aliphatic carboxylic acids is 2. The number of nitrogens with zero attached hydrogens (tertiary/aromatic N) is 1. The molecule has 3 aliphatic heterocycles. The average molecular weight is 316 g/mol. The monoisotopic (exact) mass is 316 g/mol. The predicted molar refractivity (Wildman–Crippen MR) is 77.6 cm³/mol. The van der Waals surface area contributed by atoms with Crippen molar-refractivity contribution in [3.63, 3.8) is 0 Å². The highest BCUT2D eigenvalue weighted by Gasteiger charge is 2.34. The van der Waals surface area contributed by atoms with E-state index >= 15 is 0 Å². The van der Waals surface area contributed by atoms with Gasteiger partial charge >= 0.3 is 18.0 Å².